The molecular formula is C23H30N2O2. The quantitative estimate of drug-likeness (QED) is 0.853. The molecule has 144 valence electrons. The lowest BCUT2D eigenvalue weighted by molar-refractivity contribution is 0.0578. The van der Waals surface area contributed by atoms with E-state index in [0.717, 1.165) is 50.3 Å². The van der Waals surface area contributed by atoms with Gasteiger partial charge in [-0.3, -0.25) is 4.79 Å². The van der Waals surface area contributed by atoms with E-state index in [2.05, 4.69) is 50.4 Å². The van der Waals surface area contributed by atoms with E-state index in [4.69, 9.17) is 4.42 Å². The number of amides is 1. The van der Waals surface area contributed by atoms with Crippen molar-refractivity contribution in [2.45, 2.75) is 45.4 Å². The lowest BCUT2D eigenvalue weighted by Crippen LogP contribution is -2.43. The van der Waals surface area contributed by atoms with Crippen molar-refractivity contribution in [3.8, 4) is 11.3 Å². The summed E-state index contributed by atoms with van der Waals surface area (Å²) in [7, 11) is 0. The third-order valence-corrected chi connectivity index (χ3v) is 6.30. The van der Waals surface area contributed by atoms with Crippen LogP contribution in [0, 0.1) is 5.41 Å². The maximum Gasteiger partial charge on any atom is 0.289 e. The van der Waals surface area contributed by atoms with Crippen molar-refractivity contribution in [2.24, 2.45) is 5.41 Å². The largest absolute Gasteiger partial charge is 0.451 e. The highest BCUT2D eigenvalue weighted by Crippen LogP contribution is 2.37. The highest BCUT2D eigenvalue weighted by atomic mass is 16.4. The van der Waals surface area contributed by atoms with Gasteiger partial charge >= 0.3 is 0 Å². The zero-order valence-corrected chi connectivity index (χ0v) is 16.7. The Balaban J connectivity index is 1.44. The summed E-state index contributed by atoms with van der Waals surface area (Å²) < 4.78 is 5.92. The van der Waals surface area contributed by atoms with Gasteiger partial charge in [0.15, 0.2) is 5.76 Å². The summed E-state index contributed by atoms with van der Waals surface area (Å²) in [5, 5.41) is 3.47. The first-order valence-electron chi connectivity index (χ1n) is 10.1. The second-order valence-corrected chi connectivity index (χ2v) is 9.21. The Labute approximate surface area is 161 Å². The lowest BCUT2D eigenvalue weighted by Gasteiger charge is -2.38. The number of carbonyl (C=O) groups excluding carboxylic acids is 1. The van der Waals surface area contributed by atoms with Gasteiger partial charge in [-0.2, -0.15) is 0 Å². The summed E-state index contributed by atoms with van der Waals surface area (Å²) >= 11 is 0. The number of piperidine rings is 1. The van der Waals surface area contributed by atoms with Crippen molar-refractivity contribution in [1.82, 2.24) is 10.2 Å². The number of likely N-dealkylation sites (tertiary alicyclic amines) is 1. The number of nitrogens with one attached hydrogen (secondary N) is 1. The van der Waals surface area contributed by atoms with Crippen LogP contribution < -0.4 is 5.32 Å². The molecule has 4 rings (SSSR count). The highest BCUT2D eigenvalue weighted by Gasteiger charge is 2.38. The number of rotatable bonds is 2. The van der Waals surface area contributed by atoms with E-state index in [1.807, 2.05) is 17.0 Å². The Hall–Kier alpha value is -2.07. The summed E-state index contributed by atoms with van der Waals surface area (Å²) in [5.74, 6) is 1.23. The van der Waals surface area contributed by atoms with E-state index in [1.54, 1.807) is 0 Å². The molecule has 4 heteroatoms. The van der Waals surface area contributed by atoms with Gasteiger partial charge in [-0.1, -0.05) is 45.0 Å². The molecule has 0 bridgehead atoms. The van der Waals surface area contributed by atoms with Crippen molar-refractivity contribution in [3.05, 3.63) is 47.7 Å². The fourth-order valence-corrected chi connectivity index (χ4v) is 4.30. The molecule has 2 aliphatic heterocycles. The molecule has 27 heavy (non-hydrogen) atoms. The van der Waals surface area contributed by atoms with Crippen molar-refractivity contribution in [2.75, 3.05) is 26.2 Å². The first-order valence-corrected chi connectivity index (χ1v) is 10.1. The van der Waals surface area contributed by atoms with Crippen LogP contribution in [0.2, 0.25) is 0 Å². The molecule has 1 aromatic heterocycles. The summed E-state index contributed by atoms with van der Waals surface area (Å²) in [6, 6.07) is 12.2. The Morgan fingerprint density at radius 2 is 1.74 bits per heavy atom. The average Bonchev–Trinajstić information content (AvgIpc) is 3.31. The van der Waals surface area contributed by atoms with Crippen LogP contribution in [0.15, 0.2) is 40.8 Å². The van der Waals surface area contributed by atoms with Crippen LogP contribution in [-0.2, 0) is 5.41 Å². The molecule has 2 aromatic rings. The summed E-state index contributed by atoms with van der Waals surface area (Å²) in [4.78, 5) is 14.8. The van der Waals surface area contributed by atoms with Crippen LogP contribution in [0.3, 0.4) is 0 Å². The number of benzene rings is 1. The maximum atomic E-state index is 12.8. The Morgan fingerprint density at radius 3 is 2.33 bits per heavy atom. The van der Waals surface area contributed by atoms with Crippen molar-refractivity contribution >= 4 is 5.91 Å². The first kappa shape index (κ1) is 18.3. The third kappa shape index (κ3) is 3.68. The molecule has 1 spiro atoms. The van der Waals surface area contributed by atoms with Crippen molar-refractivity contribution in [3.63, 3.8) is 0 Å². The zero-order valence-electron chi connectivity index (χ0n) is 16.7. The molecule has 0 aliphatic carbocycles. The Kier molecular flexibility index (Phi) is 4.63. The van der Waals surface area contributed by atoms with Gasteiger partial charge in [0.1, 0.15) is 5.76 Å². The van der Waals surface area contributed by atoms with Gasteiger partial charge in [0.05, 0.1) is 0 Å². The minimum atomic E-state index is 0.0216. The molecule has 2 aliphatic rings. The number of furan rings is 1. The van der Waals surface area contributed by atoms with Crippen molar-refractivity contribution < 1.29 is 9.21 Å². The number of hydrogen-bond acceptors (Lipinski definition) is 3. The molecule has 3 heterocycles. The van der Waals surface area contributed by atoms with E-state index < -0.39 is 0 Å². The minimum absolute atomic E-state index is 0.0216. The molecule has 0 unspecified atom stereocenters. The second kappa shape index (κ2) is 6.83. The lowest BCUT2D eigenvalue weighted by atomic mass is 9.78. The fraction of sp³-hybridized carbons (Fsp3) is 0.522. The SMILES string of the molecule is CC(C)(C)c1ccc(-c2ccc(C(=O)N3CCC4(CCNC4)CC3)o2)cc1. The number of nitrogens with zero attached hydrogens (tertiary/aromatic N) is 1. The Morgan fingerprint density at radius 1 is 1.04 bits per heavy atom. The van der Waals surface area contributed by atoms with Gasteiger partial charge in [0.25, 0.3) is 5.91 Å². The van der Waals surface area contributed by atoms with Crippen LogP contribution in [0.5, 0.6) is 0 Å². The van der Waals surface area contributed by atoms with Crippen LogP contribution in [-0.4, -0.2) is 37.0 Å². The van der Waals surface area contributed by atoms with Gasteiger partial charge in [-0.25, -0.2) is 0 Å². The van der Waals surface area contributed by atoms with Crippen molar-refractivity contribution in [1.29, 1.82) is 0 Å². The molecule has 1 N–H and O–H groups in total. The van der Waals surface area contributed by atoms with E-state index in [0.29, 0.717) is 11.2 Å². The van der Waals surface area contributed by atoms with Crippen LogP contribution in [0.4, 0.5) is 0 Å². The average molecular weight is 367 g/mol. The van der Waals surface area contributed by atoms with E-state index >= 15 is 0 Å². The monoisotopic (exact) mass is 366 g/mol. The molecule has 1 aromatic carbocycles. The normalized spacial score (nSPS) is 19.6. The number of hydrogen-bond donors (Lipinski definition) is 1. The van der Waals surface area contributed by atoms with Gasteiger partial charge in [0, 0.05) is 25.2 Å². The summed E-state index contributed by atoms with van der Waals surface area (Å²) in [6.07, 6.45) is 3.42. The fourth-order valence-electron chi connectivity index (χ4n) is 4.30. The van der Waals surface area contributed by atoms with Gasteiger partial charge in [0.2, 0.25) is 0 Å². The molecule has 1 amide bonds. The third-order valence-electron chi connectivity index (χ3n) is 6.30. The van der Waals surface area contributed by atoms with Gasteiger partial charge in [-0.15, -0.1) is 0 Å². The van der Waals surface area contributed by atoms with Crippen LogP contribution in [0.25, 0.3) is 11.3 Å². The molecule has 0 radical (unpaired) electrons. The van der Waals surface area contributed by atoms with Crippen LogP contribution >= 0.6 is 0 Å². The van der Waals surface area contributed by atoms with E-state index in [-0.39, 0.29) is 11.3 Å². The van der Waals surface area contributed by atoms with Gasteiger partial charge in [-0.05, 0) is 54.3 Å². The van der Waals surface area contributed by atoms with E-state index in [1.165, 1.54) is 12.0 Å². The van der Waals surface area contributed by atoms with Crippen LogP contribution in [0.1, 0.15) is 56.2 Å². The second-order valence-electron chi connectivity index (χ2n) is 9.21. The Bertz CT molecular complexity index is 798. The molecule has 0 saturated carbocycles. The standard InChI is InChI=1S/C23H30N2O2/c1-22(2,3)18-6-4-17(5-7-18)19-8-9-20(27-19)21(26)25-14-11-23(12-15-25)10-13-24-16-23/h4-9,24H,10-16H2,1-3H3. The smallest absolute Gasteiger partial charge is 0.289 e. The zero-order chi connectivity index (χ0) is 19.1. The molecule has 0 atom stereocenters. The minimum Gasteiger partial charge on any atom is -0.451 e. The predicted octanol–water partition coefficient (Wildman–Crippen LogP) is 4.46. The molecule has 2 saturated heterocycles. The molecule has 2 fully saturated rings. The predicted molar refractivity (Wildman–Crippen MR) is 108 cm³/mol. The topological polar surface area (TPSA) is 45.5 Å². The molecular weight excluding hydrogens is 336 g/mol. The van der Waals surface area contributed by atoms with Gasteiger partial charge < -0.3 is 14.6 Å². The summed E-state index contributed by atoms with van der Waals surface area (Å²) in [6.45, 7) is 10.5. The first-order chi connectivity index (χ1) is 12.9. The van der Waals surface area contributed by atoms with E-state index in [9.17, 15) is 4.79 Å². The summed E-state index contributed by atoms with van der Waals surface area (Å²) in [5.41, 5.74) is 2.85. The maximum absolute atomic E-state index is 12.8. The number of carbonyl (C=O) groups is 1. The highest BCUT2D eigenvalue weighted by molar-refractivity contribution is 5.92. The molecule has 4 nitrogen and oxygen atoms in total.